The maximum atomic E-state index is 12.2. The van der Waals surface area contributed by atoms with E-state index in [0.29, 0.717) is 23.9 Å². The van der Waals surface area contributed by atoms with Crippen LogP contribution in [0.1, 0.15) is 32.1 Å². The lowest BCUT2D eigenvalue weighted by Crippen LogP contribution is -2.31. The van der Waals surface area contributed by atoms with E-state index in [-0.39, 0.29) is 18.6 Å². The summed E-state index contributed by atoms with van der Waals surface area (Å²) >= 11 is 0. The molecule has 2 aromatic carbocycles. The molecular weight excluding hydrogens is 330 g/mol. The summed E-state index contributed by atoms with van der Waals surface area (Å²) in [5.74, 6) is 1.70. The summed E-state index contributed by atoms with van der Waals surface area (Å²) in [7, 11) is 0. The molecule has 136 valence electrons. The third-order valence-electron chi connectivity index (χ3n) is 3.92. The molecule has 0 aliphatic carbocycles. The van der Waals surface area contributed by atoms with Crippen molar-refractivity contribution in [2.24, 2.45) is 0 Å². The van der Waals surface area contributed by atoms with Gasteiger partial charge in [0.1, 0.15) is 11.3 Å². The van der Waals surface area contributed by atoms with Crippen LogP contribution in [0.2, 0.25) is 0 Å². The molecule has 1 aromatic heterocycles. The first-order chi connectivity index (χ1) is 12.7. The van der Waals surface area contributed by atoms with Gasteiger partial charge in [0.05, 0.1) is 12.6 Å². The van der Waals surface area contributed by atoms with Crippen molar-refractivity contribution in [3.05, 3.63) is 60.4 Å². The Hall–Kier alpha value is -2.95. The van der Waals surface area contributed by atoms with E-state index >= 15 is 0 Å². The Bertz CT molecular complexity index is 838. The van der Waals surface area contributed by atoms with E-state index < -0.39 is 0 Å². The molecule has 0 aliphatic rings. The van der Waals surface area contributed by atoms with E-state index in [1.807, 2.05) is 62.4 Å². The molecular formula is C21H23NO4. The van der Waals surface area contributed by atoms with Gasteiger partial charge in [0, 0.05) is 5.39 Å². The van der Waals surface area contributed by atoms with Crippen molar-refractivity contribution >= 4 is 16.9 Å². The minimum Gasteiger partial charge on any atom is -0.490 e. The molecule has 1 N–H and O–H groups in total. The van der Waals surface area contributed by atoms with E-state index in [1.165, 1.54) is 0 Å². The molecule has 0 unspecified atom stereocenters. The van der Waals surface area contributed by atoms with Crippen LogP contribution in [0.3, 0.4) is 0 Å². The van der Waals surface area contributed by atoms with Crippen molar-refractivity contribution in [2.75, 3.05) is 13.2 Å². The van der Waals surface area contributed by atoms with E-state index in [4.69, 9.17) is 13.9 Å². The van der Waals surface area contributed by atoms with Gasteiger partial charge in [-0.05, 0) is 37.6 Å². The second kappa shape index (κ2) is 8.43. The van der Waals surface area contributed by atoms with E-state index in [2.05, 4.69) is 5.32 Å². The molecule has 0 spiro atoms. The third-order valence-corrected chi connectivity index (χ3v) is 3.92. The molecule has 1 atom stereocenters. The van der Waals surface area contributed by atoms with E-state index in [0.717, 1.165) is 17.4 Å². The molecule has 26 heavy (non-hydrogen) atoms. The summed E-state index contributed by atoms with van der Waals surface area (Å²) in [6.45, 7) is 4.44. The molecule has 0 fully saturated rings. The number of amides is 1. The average Bonchev–Trinajstić information content (AvgIpc) is 3.09. The Morgan fingerprint density at radius 2 is 1.77 bits per heavy atom. The Balaban J connectivity index is 1.57. The minimum absolute atomic E-state index is 0.0862. The lowest BCUT2D eigenvalue weighted by atomic mass is 10.2. The Kier molecular flexibility index (Phi) is 5.79. The Morgan fingerprint density at radius 1 is 1.08 bits per heavy atom. The van der Waals surface area contributed by atoms with Gasteiger partial charge < -0.3 is 19.2 Å². The van der Waals surface area contributed by atoms with Crippen LogP contribution in [-0.4, -0.2) is 19.1 Å². The maximum Gasteiger partial charge on any atom is 0.258 e. The SMILES string of the molecule is CCCOc1ccccc1OCC(=O)N[C@@H](C)c1cc2ccccc2o1. The number of benzene rings is 2. The highest BCUT2D eigenvalue weighted by atomic mass is 16.5. The smallest absolute Gasteiger partial charge is 0.258 e. The van der Waals surface area contributed by atoms with Crippen LogP contribution < -0.4 is 14.8 Å². The zero-order chi connectivity index (χ0) is 18.4. The van der Waals surface area contributed by atoms with Gasteiger partial charge in [-0.15, -0.1) is 0 Å². The summed E-state index contributed by atoms with van der Waals surface area (Å²) in [5, 5.41) is 3.91. The third kappa shape index (κ3) is 4.36. The molecule has 0 bridgehead atoms. The number of hydrogen-bond acceptors (Lipinski definition) is 4. The van der Waals surface area contributed by atoms with Gasteiger partial charge in [-0.1, -0.05) is 37.3 Å². The molecule has 0 aliphatic heterocycles. The largest absolute Gasteiger partial charge is 0.490 e. The van der Waals surface area contributed by atoms with Gasteiger partial charge in [-0.25, -0.2) is 0 Å². The molecule has 0 saturated heterocycles. The number of para-hydroxylation sites is 3. The fourth-order valence-corrected chi connectivity index (χ4v) is 2.61. The molecule has 5 nitrogen and oxygen atoms in total. The number of carbonyl (C=O) groups excluding carboxylic acids is 1. The number of carbonyl (C=O) groups is 1. The molecule has 5 heteroatoms. The first kappa shape index (κ1) is 17.9. The standard InChI is InChI=1S/C21H23NO4/c1-3-12-24-18-10-6-7-11-19(18)25-14-21(23)22-15(2)20-13-16-8-4-5-9-17(16)26-20/h4-11,13,15H,3,12,14H2,1-2H3,(H,22,23)/t15-/m0/s1. The summed E-state index contributed by atoms with van der Waals surface area (Å²) < 4.78 is 17.0. The van der Waals surface area contributed by atoms with Crippen LogP contribution in [0.4, 0.5) is 0 Å². The van der Waals surface area contributed by atoms with Gasteiger partial charge in [0.15, 0.2) is 18.1 Å². The normalized spacial score (nSPS) is 11.9. The van der Waals surface area contributed by atoms with Crippen LogP contribution in [0.15, 0.2) is 59.0 Å². The number of nitrogens with one attached hydrogen (secondary N) is 1. The summed E-state index contributed by atoms with van der Waals surface area (Å²) in [6.07, 6.45) is 0.907. The van der Waals surface area contributed by atoms with Crippen molar-refractivity contribution in [2.45, 2.75) is 26.3 Å². The van der Waals surface area contributed by atoms with Crippen molar-refractivity contribution in [1.29, 1.82) is 0 Å². The molecule has 0 saturated carbocycles. The van der Waals surface area contributed by atoms with Gasteiger partial charge in [0.25, 0.3) is 5.91 Å². The minimum atomic E-state index is -0.245. The van der Waals surface area contributed by atoms with Gasteiger partial charge in [-0.2, -0.15) is 0 Å². The Labute approximate surface area is 152 Å². The number of ether oxygens (including phenoxy) is 2. The summed E-state index contributed by atoms with van der Waals surface area (Å²) in [4.78, 5) is 12.2. The first-order valence-corrected chi connectivity index (χ1v) is 8.80. The lowest BCUT2D eigenvalue weighted by molar-refractivity contribution is -0.123. The monoisotopic (exact) mass is 353 g/mol. The van der Waals surface area contributed by atoms with E-state index in [1.54, 1.807) is 6.07 Å². The lowest BCUT2D eigenvalue weighted by Gasteiger charge is -2.14. The highest BCUT2D eigenvalue weighted by molar-refractivity contribution is 5.79. The summed E-state index contributed by atoms with van der Waals surface area (Å²) in [6, 6.07) is 16.8. The zero-order valence-electron chi connectivity index (χ0n) is 15.0. The summed E-state index contributed by atoms with van der Waals surface area (Å²) in [5.41, 5.74) is 0.807. The maximum absolute atomic E-state index is 12.2. The zero-order valence-corrected chi connectivity index (χ0v) is 15.0. The van der Waals surface area contributed by atoms with Crippen LogP contribution in [-0.2, 0) is 4.79 Å². The molecule has 3 rings (SSSR count). The van der Waals surface area contributed by atoms with Crippen molar-refractivity contribution < 1.29 is 18.7 Å². The Morgan fingerprint density at radius 3 is 2.50 bits per heavy atom. The number of hydrogen-bond donors (Lipinski definition) is 1. The fourth-order valence-electron chi connectivity index (χ4n) is 2.61. The predicted octanol–water partition coefficient (Wildman–Crippen LogP) is 4.48. The van der Waals surface area contributed by atoms with Crippen LogP contribution in [0.25, 0.3) is 11.0 Å². The van der Waals surface area contributed by atoms with Crippen molar-refractivity contribution in [3.8, 4) is 11.5 Å². The van der Waals surface area contributed by atoms with Crippen molar-refractivity contribution in [3.63, 3.8) is 0 Å². The van der Waals surface area contributed by atoms with Crippen molar-refractivity contribution in [1.82, 2.24) is 5.32 Å². The molecule has 0 radical (unpaired) electrons. The number of furan rings is 1. The van der Waals surface area contributed by atoms with E-state index in [9.17, 15) is 4.79 Å². The fraction of sp³-hybridized carbons (Fsp3) is 0.286. The molecule has 3 aromatic rings. The second-order valence-corrected chi connectivity index (χ2v) is 6.06. The molecule has 1 amide bonds. The number of rotatable bonds is 8. The predicted molar refractivity (Wildman–Crippen MR) is 100 cm³/mol. The van der Waals surface area contributed by atoms with Crippen LogP contribution in [0, 0.1) is 0 Å². The van der Waals surface area contributed by atoms with Crippen LogP contribution in [0.5, 0.6) is 11.5 Å². The number of fused-ring (bicyclic) bond motifs is 1. The van der Waals surface area contributed by atoms with Gasteiger partial charge >= 0.3 is 0 Å². The van der Waals surface area contributed by atoms with Crippen LogP contribution >= 0.6 is 0 Å². The second-order valence-electron chi connectivity index (χ2n) is 6.06. The quantitative estimate of drug-likeness (QED) is 0.649. The molecule has 1 heterocycles. The highest BCUT2D eigenvalue weighted by Gasteiger charge is 2.15. The van der Waals surface area contributed by atoms with Gasteiger partial charge in [0.2, 0.25) is 0 Å². The topological polar surface area (TPSA) is 60.7 Å². The highest BCUT2D eigenvalue weighted by Crippen LogP contribution is 2.27. The first-order valence-electron chi connectivity index (χ1n) is 8.80. The average molecular weight is 353 g/mol. The van der Waals surface area contributed by atoms with Gasteiger partial charge in [-0.3, -0.25) is 4.79 Å².